The van der Waals surface area contributed by atoms with Gasteiger partial charge in [0.25, 0.3) is 0 Å². The zero-order valence-corrected chi connectivity index (χ0v) is 24.1. The van der Waals surface area contributed by atoms with Gasteiger partial charge in [0.15, 0.2) is 11.5 Å². The van der Waals surface area contributed by atoms with E-state index < -0.39 is 6.04 Å². The number of carbonyl (C=O) groups is 2. The number of nitrogens with zero attached hydrogens (tertiary/aromatic N) is 1. The predicted molar refractivity (Wildman–Crippen MR) is 159 cm³/mol. The number of hydrogen-bond acceptors (Lipinski definition) is 5. The lowest BCUT2D eigenvalue weighted by atomic mass is 10.0. The molecular weight excluding hydrogens is 540 g/mol. The molecule has 0 heterocycles. The molecule has 0 aliphatic heterocycles. The third-order valence-corrected chi connectivity index (χ3v) is 7.09. The van der Waals surface area contributed by atoms with Crippen LogP contribution in [0.2, 0.25) is 5.02 Å². The summed E-state index contributed by atoms with van der Waals surface area (Å²) in [5, 5.41) is 3.56. The molecule has 4 aromatic carbocycles. The maximum Gasteiger partial charge on any atom is 0.247 e. The van der Waals surface area contributed by atoms with Gasteiger partial charge in [-0.3, -0.25) is 9.59 Å². The van der Waals surface area contributed by atoms with Gasteiger partial charge in [0.05, 0.1) is 27.8 Å². The van der Waals surface area contributed by atoms with Gasteiger partial charge in [-0.2, -0.15) is 0 Å². The van der Waals surface area contributed by atoms with Crippen molar-refractivity contribution in [1.82, 2.24) is 10.2 Å². The SMILES string of the molecule is COc1ccc(CN(C(=O)Cc2ccc(OC)c(OC)c2)[C@@H](C(=O)NCc2ccccc2Cl)c2ccccc2)cc1. The van der Waals surface area contributed by atoms with Gasteiger partial charge in [0, 0.05) is 18.1 Å². The Labute approximate surface area is 245 Å². The molecule has 0 unspecified atom stereocenters. The largest absolute Gasteiger partial charge is 0.497 e. The Morgan fingerprint density at radius 1 is 0.780 bits per heavy atom. The number of ether oxygens (including phenoxy) is 3. The van der Waals surface area contributed by atoms with Crippen LogP contribution in [0.15, 0.2) is 97.1 Å². The molecule has 1 N–H and O–H groups in total. The van der Waals surface area contributed by atoms with Crippen LogP contribution in [0, 0.1) is 0 Å². The summed E-state index contributed by atoms with van der Waals surface area (Å²) in [6.07, 6.45) is 0.0532. The van der Waals surface area contributed by atoms with Crippen molar-refractivity contribution >= 4 is 23.4 Å². The van der Waals surface area contributed by atoms with Crippen LogP contribution in [0.25, 0.3) is 0 Å². The highest BCUT2D eigenvalue weighted by molar-refractivity contribution is 6.31. The smallest absolute Gasteiger partial charge is 0.247 e. The second-order valence-electron chi connectivity index (χ2n) is 9.36. The fourth-order valence-corrected chi connectivity index (χ4v) is 4.75. The van der Waals surface area contributed by atoms with E-state index in [1.165, 1.54) is 0 Å². The summed E-state index contributed by atoms with van der Waals surface area (Å²) in [5.74, 6) is 1.26. The quantitative estimate of drug-likeness (QED) is 0.225. The standard InChI is InChI=1S/C33H33ClN2O5/c1-39-27-16-13-23(14-17-27)22-36(31(37)20-24-15-18-29(40-2)30(19-24)41-3)32(25-9-5-4-6-10-25)33(38)35-21-26-11-7-8-12-28(26)34/h4-19,32H,20-22H2,1-3H3,(H,35,38)/t32-/m1/s1. The summed E-state index contributed by atoms with van der Waals surface area (Å²) >= 11 is 6.34. The summed E-state index contributed by atoms with van der Waals surface area (Å²) in [6, 6.07) is 28.5. The Balaban J connectivity index is 1.70. The molecule has 4 rings (SSSR count). The number of amides is 2. The second kappa shape index (κ2) is 14.2. The normalized spacial score (nSPS) is 11.3. The molecule has 0 fully saturated rings. The van der Waals surface area contributed by atoms with E-state index in [2.05, 4.69) is 5.32 Å². The van der Waals surface area contributed by atoms with Crippen LogP contribution in [-0.2, 0) is 29.1 Å². The van der Waals surface area contributed by atoms with Crippen molar-refractivity contribution in [2.24, 2.45) is 0 Å². The highest BCUT2D eigenvalue weighted by atomic mass is 35.5. The fraction of sp³-hybridized carbons (Fsp3) is 0.212. The molecule has 0 aliphatic rings. The van der Waals surface area contributed by atoms with E-state index in [0.717, 1.165) is 16.7 Å². The summed E-state index contributed by atoms with van der Waals surface area (Å²) in [4.78, 5) is 29.6. The molecule has 7 nitrogen and oxygen atoms in total. The molecule has 41 heavy (non-hydrogen) atoms. The molecule has 0 saturated heterocycles. The highest BCUT2D eigenvalue weighted by Gasteiger charge is 2.31. The van der Waals surface area contributed by atoms with Gasteiger partial charge in [-0.1, -0.05) is 78.3 Å². The Hall–Kier alpha value is -4.49. The predicted octanol–water partition coefficient (Wildman–Crippen LogP) is 5.99. The third kappa shape index (κ3) is 7.58. The molecule has 2 amide bonds. The first-order chi connectivity index (χ1) is 19.9. The topological polar surface area (TPSA) is 77.1 Å². The fourth-order valence-electron chi connectivity index (χ4n) is 4.55. The van der Waals surface area contributed by atoms with Crippen LogP contribution in [0.3, 0.4) is 0 Å². The van der Waals surface area contributed by atoms with Crippen LogP contribution in [0.5, 0.6) is 17.2 Å². The Bertz CT molecular complexity index is 1460. The summed E-state index contributed by atoms with van der Waals surface area (Å²) in [6.45, 7) is 0.428. The molecule has 0 aliphatic carbocycles. The lowest BCUT2D eigenvalue weighted by Crippen LogP contribution is -2.43. The minimum Gasteiger partial charge on any atom is -0.497 e. The van der Waals surface area contributed by atoms with Crippen LogP contribution < -0.4 is 19.5 Å². The average molecular weight is 573 g/mol. The lowest BCUT2D eigenvalue weighted by molar-refractivity contribution is -0.141. The Morgan fingerprint density at radius 3 is 2.10 bits per heavy atom. The minimum absolute atomic E-state index is 0.0532. The number of benzene rings is 4. The van der Waals surface area contributed by atoms with Crippen molar-refractivity contribution in [2.45, 2.75) is 25.6 Å². The van der Waals surface area contributed by atoms with Gasteiger partial charge >= 0.3 is 0 Å². The number of nitrogens with one attached hydrogen (secondary N) is 1. The monoisotopic (exact) mass is 572 g/mol. The first-order valence-electron chi connectivity index (χ1n) is 13.1. The molecule has 0 aromatic heterocycles. The first-order valence-corrected chi connectivity index (χ1v) is 13.5. The minimum atomic E-state index is -0.895. The Kier molecular flexibility index (Phi) is 10.2. The number of hydrogen-bond donors (Lipinski definition) is 1. The van der Waals surface area contributed by atoms with Crippen LogP contribution in [0.4, 0.5) is 0 Å². The number of carbonyl (C=O) groups excluding carboxylic acids is 2. The summed E-state index contributed by atoms with van der Waals surface area (Å²) < 4.78 is 16.1. The molecule has 212 valence electrons. The molecular formula is C33H33ClN2O5. The van der Waals surface area contributed by atoms with E-state index in [1.807, 2.05) is 78.9 Å². The van der Waals surface area contributed by atoms with E-state index in [1.54, 1.807) is 44.4 Å². The van der Waals surface area contributed by atoms with Crippen molar-refractivity contribution in [3.8, 4) is 17.2 Å². The summed E-state index contributed by atoms with van der Waals surface area (Å²) in [7, 11) is 4.71. The molecule has 0 spiro atoms. The van der Waals surface area contributed by atoms with E-state index >= 15 is 0 Å². The van der Waals surface area contributed by atoms with Crippen LogP contribution in [-0.4, -0.2) is 38.0 Å². The van der Waals surface area contributed by atoms with Gasteiger partial charge in [-0.25, -0.2) is 0 Å². The van der Waals surface area contributed by atoms with Crippen molar-refractivity contribution in [2.75, 3.05) is 21.3 Å². The summed E-state index contributed by atoms with van der Waals surface area (Å²) in [5.41, 5.74) is 3.06. The molecule has 0 bridgehead atoms. The molecule has 0 saturated carbocycles. The highest BCUT2D eigenvalue weighted by Crippen LogP contribution is 2.30. The maximum absolute atomic E-state index is 14.1. The number of rotatable bonds is 12. The number of halogens is 1. The van der Waals surface area contributed by atoms with Gasteiger partial charge in [0.1, 0.15) is 11.8 Å². The molecule has 0 radical (unpaired) electrons. The zero-order chi connectivity index (χ0) is 29.2. The average Bonchev–Trinajstić information content (AvgIpc) is 3.01. The van der Waals surface area contributed by atoms with Crippen LogP contribution >= 0.6 is 11.6 Å². The third-order valence-electron chi connectivity index (χ3n) is 6.72. The molecule has 4 aromatic rings. The van der Waals surface area contributed by atoms with Gasteiger partial charge < -0.3 is 24.4 Å². The molecule has 1 atom stereocenters. The van der Waals surface area contributed by atoms with Gasteiger partial charge in [0.2, 0.25) is 11.8 Å². The van der Waals surface area contributed by atoms with Crippen molar-refractivity contribution in [3.63, 3.8) is 0 Å². The van der Waals surface area contributed by atoms with E-state index in [4.69, 9.17) is 25.8 Å². The number of methoxy groups -OCH3 is 3. The first kappa shape index (κ1) is 29.5. The van der Waals surface area contributed by atoms with E-state index in [-0.39, 0.29) is 31.3 Å². The molecule has 8 heteroatoms. The van der Waals surface area contributed by atoms with Gasteiger partial charge in [-0.15, -0.1) is 0 Å². The van der Waals surface area contributed by atoms with E-state index in [0.29, 0.717) is 27.8 Å². The second-order valence-corrected chi connectivity index (χ2v) is 9.77. The Morgan fingerprint density at radius 2 is 1.44 bits per heavy atom. The van der Waals surface area contributed by atoms with E-state index in [9.17, 15) is 9.59 Å². The van der Waals surface area contributed by atoms with Gasteiger partial charge in [-0.05, 0) is 52.6 Å². The maximum atomic E-state index is 14.1. The zero-order valence-electron chi connectivity index (χ0n) is 23.3. The lowest BCUT2D eigenvalue weighted by Gasteiger charge is -2.32. The van der Waals surface area contributed by atoms with Crippen molar-refractivity contribution in [1.29, 1.82) is 0 Å². The van der Waals surface area contributed by atoms with Crippen molar-refractivity contribution < 1.29 is 23.8 Å². The van der Waals surface area contributed by atoms with Crippen molar-refractivity contribution in [3.05, 3.63) is 124 Å². The van der Waals surface area contributed by atoms with Crippen LogP contribution in [0.1, 0.15) is 28.3 Å².